The number of hydrogen-bond acceptors (Lipinski definition) is 2. The van der Waals surface area contributed by atoms with Gasteiger partial charge in [-0.1, -0.05) is 33.6 Å². The minimum absolute atomic E-state index is 0.463. The van der Waals surface area contributed by atoms with Gasteiger partial charge in [-0.05, 0) is 18.3 Å². The van der Waals surface area contributed by atoms with Gasteiger partial charge in [0.2, 0.25) is 10.0 Å². The summed E-state index contributed by atoms with van der Waals surface area (Å²) in [6, 6.07) is 0. The van der Waals surface area contributed by atoms with Gasteiger partial charge in [0.25, 0.3) is 0 Å². The molecule has 0 aliphatic carbocycles. The fourth-order valence-corrected chi connectivity index (χ4v) is 1.91. The molecule has 0 bridgehead atoms. The Labute approximate surface area is 88.3 Å². The lowest BCUT2D eigenvalue weighted by Gasteiger charge is -2.20. The lowest BCUT2D eigenvalue weighted by Crippen LogP contribution is -2.30. The van der Waals surface area contributed by atoms with Crippen LogP contribution in [0.3, 0.4) is 0 Å². The van der Waals surface area contributed by atoms with Crippen LogP contribution in [0.25, 0.3) is 0 Å². The third kappa shape index (κ3) is 7.33. The van der Waals surface area contributed by atoms with Crippen LogP contribution in [0.4, 0.5) is 0 Å². The van der Waals surface area contributed by atoms with E-state index in [1.54, 1.807) is 0 Å². The van der Waals surface area contributed by atoms with Crippen molar-refractivity contribution in [1.82, 2.24) is 4.72 Å². The van der Waals surface area contributed by atoms with Crippen LogP contribution in [-0.4, -0.2) is 21.2 Å². The normalized spacial score (nSPS) is 14.6. The molecule has 0 aliphatic heterocycles. The van der Waals surface area contributed by atoms with Crippen LogP contribution in [0.2, 0.25) is 0 Å². The number of nitrogens with one attached hydrogen (secondary N) is 1. The fraction of sp³-hybridized carbons (Fsp3) is 1.00. The first-order valence-electron chi connectivity index (χ1n) is 5.31. The average molecular weight is 221 g/mol. The SMILES string of the molecule is CCCCC(CNS(C)(=O)=O)C(C)C. The number of unbranched alkanes of at least 4 members (excludes halogenated alkanes) is 1. The highest BCUT2D eigenvalue weighted by Gasteiger charge is 2.14. The molecule has 86 valence electrons. The van der Waals surface area contributed by atoms with Gasteiger partial charge in [-0.3, -0.25) is 0 Å². The highest BCUT2D eigenvalue weighted by molar-refractivity contribution is 7.88. The summed E-state index contributed by atoms with van der Waals surface area (Å²) in [6.07, 6.45) is 4.66. The molecule has 1 N–H and O–H groups in total. The Bertz CT molecular complexity index is 235. The van der Waals surface area contributed by atoms with Gasteiger partial charge < -0.3 is 0 Å². The van der Waals surface area contributed by atoms with E-state index in [-0.39, 0.29) is 0 Å². The largest absolute Gasteiger partial charge is 0.215 e. The van der Waals surface area contributed by atoms with Crippen molar-refractivity contribution < 1.29 is 8.42 Å². The fourth-order valence-electron chi connectivity index (χ4n) is 1.40. The molecule has 0 saturated carbocycles. The zero-order valence-electron chi connectivity index (χ0n) is 9.71. The van der Waals surface area contributed by atoms with Gasteiger partial charge >= 0.3 is 0 Å². The Balaban J connectivity index is 3.97. The molecule has 0 aromatic rings. The summed E-state index contributed by atoms with van der Waals surface area (Å²) in [5, 5.41) is 0. The van der Waals surface area contributed by atoms with E-state index in [1.807, 2.05) is 0 Å². The van der Waals surface area contributed by atoms with Crippen LogP contribution in [0.5, 0.6) is 0 Å². The summed E-state index contributed by atoms with van der Waals surface area (Å²) >= 11 is 0. The molecule has 0 fully saturated rings. The standard InChI is InChI=1S/C10H23NO2S/c1-5-6-7-10(9(2)3)8-11-14(4,12)13/h9-11H,5-8H2,1-4H3. The maximum absolute atomic E-state index is 10.9. The second-order valence-electron chi connectivity index (χ2n) is 4.27. The lowest BCUT2D eigenvalue weighted by molar-refractivity contribution is 0.349. The van der Waals surface area contributed by atoms with E-state index in [4.69, 9.17) is 0 Å². The molecule has 0 heterocycles. The maximum atomic E-state index is 10.9. The van der Waals surface area contributed by atoms with Crippen molar-refractivity contribution in [2.75, 3.05) is 12.8 Å². The number of rotatable bonds is 7. The van der Waals surface area contributed by atoms with E-state index in [2.05, 4.69) is 25.5 Å². The summed E-state index contributed by atoms with van der Waals surface area (Å²) in [4.78, 5) is 0. The molecule has 14 heavy (non-hydrogen) atoms. The second-order valence-corrected chi connectivity index (χ2v) is 6.10. The summed E-state index contributed by atoms with van der Waals surface area (Å²) in [6.45, 7) is 7.02. The van der Waals surface area contributed by atoms with Crippen LogP contribution >= 0.6 is 0 Å². The minimum atomic E-state index is -3.03. The molecule has 0 aliphatic rings. The first kappa shape index (κ1) is 13.9. The molecule has 1 unspecified atom stereocenters. The van der Waals surface area contributed by atoms with Crippen molar-refractivity contribution in [3.8, 4) is 0 Å². The summed E-state index contributed by atoms with van der Waals surface area (Å²) in [5.74, 6) is 1.00. The first-order chi connectivity index (χ1) is 6.37. The maximum Gasteiger partial charge on any atom is 0.208 e. The van der Waals surface area contributed by atoms with Crippen LogP contribution in [-0.2, 0) is 10.0 Å². The molecule has 0 rings (SSSR count). The zero-order valence-corrected chi connectivity index (χ0v) is 10.5. The Kier molecular flexibility index (Phi) is 6.36. The molecule has 0 aromatic heterocycles. The number of sulfonamides is 1. The lowest BCUT2D eigenvalue weighted by atomic mass is 9.91. The zero-order chi connectivity index (χ0) is 11.2. The third-order valence-corrected chi connectivity index (χ3v) is 3.17. The smallest absolute Gasteiger partial charge is 0.208 e. The highest BCUT2D eigenvalue weighted by Crippen LogP contribution is 2.17. The van der Waals surface area contributed by atoms with E-state index in [0.29, 0.717) is 18.4 Å². The predicted octanol–water partition coefficient (Wildman–Crippen LogP) is 2.00. The van der Waals surface area contributed by atoms with Crippen LogP contribution in [0.1, 0.15) is 40.0 Å². The van der Waals surface area contributed by atoms with Crippen molar-refractivity contribution in [2.45, 2.75) is 40.0 Å². The molecule has 4 heteroatoms. The Morgan fingerprint density at radius 2 is 1.86 bits per heavy atom. The topological polar surface area (TPSA) is 46.2 Å². The monoisotopic (exact) mass is 221 g/mol. The summed E-state index contributed by atoms with van der Waals surface area (Å²) in [7, 11) is -3.03. The van der Waals surface area contributed by atoms with Crippen molar-refractivity contribution in [3.05, 3.63) is 0 Å². The molecule has 0 saturated heterocycles. The minimum Gasteiger partial charge on any atom is -0.215 e. The van der Waals surface area contributed by atoms with Gasteiger partial charge in [-0.25, -0.2) is 13.1 Å². The average Bonchev–Trinajstić information content (AvgIpc) is 2.01. The molecule has 0 spiro atoms. The van der Waals surface area contributed by atoms with E-state index >= 15 is 0 Å². The highest BCUT2D eigenvalue weighted by atomic mass is 32.2. The predicted molar refractivity (Wildman–Crippen MR) is 60.7 cm³/mol. The van der Waals surface area contributed by atoms with Gasteiger partial charge in [-0.15, -0.1) is 0 Å². The molecule has 0 radical (unpaired) electrons. The Morgan fingerprint density at radius 3 is 2.21 bits per heavy atom. The van der Waals surface area contributed by atoms with E-state index in [1.165, 1.54) is 19.1 Å². The van der Waals surface area contributed by atoms with Crippen molar-refractivity contribution >= 4 is 10.0 Å². The molecular weight excluding hydrogens is 198 g/mol. The first-order valence-corrected chi connectivity index (χ1v) is 7.20. The molecule has 0 aromatic carbocycles. The summed E-state index contributed by atoms with van der Waals surface area (Å²) in [5.41, 5.74) is 0. The van der Waals surface area contributed by atoms with Crippen molar-refractivity contribution in [2.24, 2.45) is 11.8 Å². The van der Waals surface area contributed by atoms with E-state index in [9.17, 15) is 8.42 Å². The van der Waals surface area contributed by atoms with Crippen LogP contribution < -0.4 is 4.72 Å². The molecule has 0 amide bonds. The van der Waals surface area contributed by atoms with Gasteiger partial charge in [0, 0.05) is 6.54 Å². The Morgan fingerprint density at radius 1 is 1.29 bits per heavy atom. The Hall–Kier alpha value is -0.0900. The third-order valence-electron chi connectivity index (χ3n) is 2.48. The summed E-state index contributed by atoms with van der Waals surface area (Å²) < 4.78 is 24.4. The van der Waals surface area contributed by atoms with Gasteiger partial charge in [0.15, 0.2) is 0 Å². The van der Waals surface area contributed by atoms with Gasteiger partial charge in [0.05, 0.1) is 6.26 Å². The van der Waals surface area contributed by atoms with E-state index < -0.39 is 10.0 Å². The van der Waals surface area contributed by atoms with Crippen molar-refractivity contribution in [1.29, 1.82) is 0 Å². The molecule has 1 atom stereocenters. The van der Waals surface area contributed by atoms with Crippen LogP contribution in [0, 0.1) is 11.8 Å². The molecular formula is C10H23NO2S. The van der Waals surface area contributed by atoms with E-state index in [0.717, 1.165) is 6.42 Å². The van der Waals surface area contributed by atoms with Crippen molar-refractivity contribution in [3.63, 3.8) is 0 Å². The quantitative estimate of drug-likeness (QED) is 0.714. The second kappa shape index (κ2) is 6.40. The van der Waals surface area contributed by atoms with Gasteiger partial charge in [-0.2, -0.15) is 0 Å². The van der Waals surface area contributed by atoms with Gasteiger partial charge in [0.1, 0.15) is 0 Å². The number of hydrogen-bond donors (Lipinski definition) is 1. The molecule has 3 nitrogen and oxygen atoms in total. The van der Waals surface area contributed by atoms with Crippen LogP contribution in [0.15, 0.2) is 0 Å².